The zero-order valence-electron chi connectivity index (χ0n) is 58.2. The molecule has 36 heteroatoms. The number of carbonyl (C=O) groups excluding carboxylic acids is 7. The van der Waals surface area contributed by atoms with Crippen LogP contribution in [-0.2, 0) is 86.1 Å². The Morgan fingerprint density at radius 1 is 0.588 bits per heavy atom. The summed E-state index contributed by atoms with van der Waals surface area (Å²) in [5.74, 6) is -2.92. The molecule has 0 spiro atoms. The lowest BCUT2D eigenvalue weighted by Gasteiger charge is -2.23. The maximum atomic E-state index is 12.7. The number of ether oxygens (including phenoxy) is 4. The van der Waals surface area contributed by atoms with Crippen molar-refractivity contribution in [1.82, 2.24) is 65.3 Å². The molecule has 8 heterocycles. The van der Waals surface area contributed by atoms with Crippen molar-refractivity contribution in [3.8, 4) is 5.75 Å². The number of aliphatic hydroxyl groups excluding tert-OH is 1. The molecule has 4 aliphatic rings. The van der Waals surface area contributed by atoms with E-state index in [2.05, 4.69) is 51.1 Å². The van der Waals surface area contributed by atoms with Crippen molar-refractivity contribution in [2.75, 3.05) is 27.9 Å². The first kappa shape index (κ1) is 81.5. The first-order valence-corrected chi connectivity index (χ1v) is 32.1. The van der Waals surface area contributed by atoms with Crippen LogP contribution < -0.4 is 31.7 Å². The molecule has 4 fully saturated rings. The summed E-state index contributed by atoms with van der Waals surface area (Å²) in [4.78, 5) is 113. The Balaban J connectivity index is 0.000000226. The predicted molar refractivity (Wildman–Crippen MR) is 365 cm³/mol. The Morgan fingerprint density at radius 3 is 1.44 bits per heavy atom. The maximum absolute atomic E-state index is 12.7. The van der Waals surface area contributed by atoms with Gasteiger partial charge in [-0.25, -0.2) is 9.59 Å². The monoisotopic (exact) mass is 1440 g/mol. The maximum Gasteiger partial charge on any atom is 0.407 e. The van der Waals surface area contributed by atoms with E-state index in [0.29, 0.717) is 29.4 Å². The standard InChI is InChI=1S/C17H20N4O4.C17H20N4O3.C9H12N4O3.C9H14N4O.C8H7ClO2.C5H9NO4.CH4O/c1-11-15(21(23)24)16(14-8-9-19(2)18-14)20(17(11)22)10-12-4-6-13(25-3)7-5-12;1-11-14(15(18-16(11)22)13-8-9-21(2)20-13)19-17(23)24-10-12-6-4-3-5-7-12;1-5-8(13(15)16)7(10-9(5)14)6-3-4-12(2)11-6;1-5-7(10)8(11-9(5)14)6-3-4-13(2)12-6;9-8(10)11-6-7-4-2-1-3-5-7;1-4(3-6(8)9)5(7)10-2;1-2/h4-9,11,15-16H,10H2,1-3H3;3-9,11,14-15H,10H2,1-2H3,(H,18,22)(H,19,23);3-5,7-8H,1-2H3,(H,10,14);3-5,7-8H,10H2,1-2H3,(H,11,14);1-5H,6H2;4H,3H2,1-2H3;2H,1H3/t11-,15-,16?;11-,14-,15+;5-,7?,8-;5-,7-,8?;;;/m0000.../s1. The van der Waals surface area contributed by atoms with Crippen LogP contribution in [0.2, 0.25) is 0 Å². The van der Waals surface area contributed by atoms with Crippen LogP contribution in [0.25, 0.3) is 0 Å². The number of aromatic nitrogens is 8. The SMILES string of the molecule is CO.COC(=O)C(C)C[N+](=O)[O-].COc1ccc(CN2C(=O)[C@@H](C)[C@H]([N+](=O)[O-])C2c2ccn(C)n2)cc1.C[C@@H]1C(=O)NC(c2ccn(C)n2)[C@H]1N.C[C@@H]1C(=O)NC(c2ccn(C)n2)[C@H]1[N+](=O)[O-].C[C@@H]1C(=O)N[C@H](c2ccn(C)n2)[C@H]1NC(=O)OCc1ccccc1.O=C(Cl)OCc1ccccc1. The van der Waals surface area contributed by atoms with Crippen LogP contribution in [0.1, 0.15) is 98.3 Å². The molecule has 13 atom stereocenters. The third-order valence-corrected chi connectivity index (χ3v) is 16.7. The molecule has 0 radical (unpaired) electrons. The molecule has 4 unspecified atom stereocenters. The zero-order chi connectivity index (χ0) is 75.7. The second-order valence-electron chi connectivity index (χ2n) is 23.8. The normalized spacial score (nSPS) is 22.2. The third kappa shape index (κ3) is 22.9. The summed E-state index contributed by atoms with van der Waals surface area (Å²) in [6.45, 7) is 8.58. The molecule has 3 aromatic carbocycles. The molecule has 4 aromatic heterocycles. The lowest BCUT2D eigenvalue weighted by Crippen LogP contribution is -2.41. The Morgan fingerprint density at radius 2 is 1.02 bits per heavy atom. The minimum absolute atomic E-state index is 0.00755. The van der Waals surface area contributed by atoms with Gasteiger partial charge in [0.2, 0.25) is 42.3 Å². The van der Waals surface area contributed by atoms with Gasteiger partial charge in [-0.2, -0.15) is 20.4 Å². The number of nitro groups is 3. The predicted octanol–water partition coefficient (Wildman–Crippen LogP) is 4.99. The molecule has 5 amide bonds. The second-order valence-corrected chi connectivity index (χ2v) is 24.2. The molecule has 0 bridgehead atoms. The van der Waals surface area contributed by atoms with Crippen molar-refractivity contribution in [3.63, 3.8) is 0 Å². The van der Waals surface area contributed by atoms with Gasteiger partial charge in [0.15, 0.2) is 0 Å². The van der Waals surface area contributed by atoms with E-state index in [-0.39, 0.29) is 78.3 Å². The molecule has 4 saturated heterocycles. The van der Waals surface area contributed by atoms with E-state index in [1.165, 1.54) is 14.0 Å². The number of hydrogen-bond donors (Lipinski definition) is 6. The minimum atomic E-state index is -1.01. The molecule has 102 heavy (non-hydrogen) atoms. The van der Waals surface area contributed by atoms with E-state index in [9.17, 15) is 63.9 Å². The number of aliphatic hydroxyl groups is 1. The van der Waals surface area contributed by atoms with Crippen molar-refractivity contribution in [1.29, 1.82) is 0 Å². The fourth-order valence-corrected chi connectivity index (χ4v) is 11.1. The van der Waals surface area contributed by atoms with Crippen LogP contribution in [0.3, 0.4) is 0 Å². The van der Waals surface area contributed by atoms with Crippen molar-refractivity contribution >= 4 is 52.7 Å². The molecule has 7 aromatic rings. The number of nitrogens with two attached hydrogens (primary N) is 1. The molecule has 0 aliphatic carbocycles. The van der Waals surface area contributed by atoms with Crippen LogP contribution in [0, 0.1) is 59.9 Å². The van der Waals surface area contributed by atoms with Gasteiger partial charge >= 0.3 is 17.5 Å². The van der Waals surface area contributed by atoms with E-state index in [1.807, 2.05) is 105 Å². The molecule has 0 saturated carbocycles. The summed E-state index contributed by atoms with van der Waals surface area (Å²) in [5, 5.41) is 67.4. The minimum Gasteiger partial charge on any atom is -0.497 e. The zero-order valence-corrected chi connectivity index (χ0v) is 59.0. The van der Waals surface area contributed by atoms with Gasteiger partial charge in [0, 0.05) is 99.0 Å². The van der Waals surface area contributed by atoms with E-state index < -0.39 is 75.3 Å². The number of carbonyl (C=O) groups is 7. The largest absolute Gasteiger partial charge is 0.497 e. The summed E-state index contributed by atoms with van der Waals surface area (Å²) in [6, 6.07) is 28.9. The number of rotatable bonds is 17. The van der Waals surface area contributed by atoms with Gasteiger partial charge in [-0.05, 0) is 73.9 Å². The molecular weight excluding hydrogens is 1350 g/mol. The molecule has 35 nitrogen and oxygen atoms in total. The first-order chi connectivity index (χ1) is 48.4. The lowest BCUT2D eigenvalue weighted by molar-refractivity contribution is -0.532. The quantitative estimate of drug-likeness (QED) is 0.0230. The number of nitrogens with one attached hydrogen (secondary N) is 4. The van der Waals surface area contributed by atoms with Crippen molar-refractivity contribution < 1.29 is 72.4 Å². The highest BCUT2D eigenvalue weighted by Gasteiger charge is 2.55. The van der Waals surface area contributed by atoms with Gasteiger partial charge < -0.3 is 56.0 Å². The second kappa shape index (κ2) is 39.0. The van der Waals surface area contributed by atoms with Crippen molar-refractivity contribution in [3.05, 3.63) is 204 Å². The average Bonchev–Trinajstić information content (AvgIpc) is 1.62. The smallest absolute Gasteiger partial charge is 0.407 e. The average molecular weight is 1440 g/mol. The van der Waals surface area contributed by atoms with Gasteiger partial charge in [0.05, 0.1) is 67.0 Å². The highest BCUT2D eigenvalue weighted by Crippen LogP contribution is 2.39. The van der Waals surface area contributed by atoms with E-state index >= 15 is 0 Å². The number of alkyl carbamates (subject to hydrolysis) is 1. The topological polar surface area (TPSA) is 455 Å². The van der Waals surface area contributed by atoms with Crippen LogP contribution in [0.5, 0.6) is 5.75 Å². The number of likely N-dealkylation sites (tertiary alicyclic amines) is 1. The molecular formula is C66H86ClN17O18. The number of halogens is 1. The van der Waals surface area contributed by atoms with Gasteiger partial charge in [-0.3, -0.25) is 73.0 Å². The van der Waals surface area contributed by atoms with Crippen LogP contribution >= 0.6 is 11.6 Å². The fourth-order valence-electron chi connectivity index (χ4n) is 11.0. The summed E-state index contributed by atoms with van der Waals surface area (Å²) >= 11 is 4.97. The number of methoxy groups -OCH3 is 2. The summed E-state index contributed by atoms with van der Waals surface area (Å²) in [5.41, 5.74) is 10.5. The number of esters is 1. The summed E-state index contributed by atoms with van der Waals surface area (Å²) < 4.78 is 25.7. The number of nitrogens with zero attached hydrogens (tertiary/aromatic N) is 12. The van der Waals surface area contributed by atoms with E-state index in [0.717, 1.165) is 29.5 Å². The summed E-state index contributed by atoms with van der Waals surface area (Å²) in [7, 11) is 10.9. The third-order valence-electron chi connectivity index (χ3n) is 16.6. The Hall–Kier alpha value is -11.2. The number of benzene rings is 3. The number of amides is 5. The molecule has 4 aliphatic heterocycles. The summed E-state index contributed by atoms with van der Waals surface area (Å²) in [6.07, 6.45) is 6.52. The van der Waals surface area contributed by atoms with E-state index in [1.54, 1.807) is 116 Å². The van der Waals surface area contributed by atoms with Crippen LogP contribution in [0.4, 0.5) is 9.59 Å². The Bertz CT molecular complexity index is 3930. The van der Waals surface area contributed by atoms with Gasteiger partial charge in [0.1, 0.15) is 48.8 Å². The molecule has 11 rings (SSSR count). The molecule has 7 N–H and O–H groups in total. The van der Waals surface area contributed by atoms with Crippen molar-refractivity contribution in [2.45, 2.75) is 103 Å². The highest BCUT2D eigenvalue weighted by atomic mass is 35.5. The van der Waals surface area contributed by atoms with E-state index in [4.69, 9.17) is 31.9 Å². The van der Waals surface area contributed by atoms with Crippen LogP contribution in [0.15, 0.2) is 134 Å². The molecule has 550 valence electrons. The van der Waals surface area contributed by atoms with Gasteiger partial charge in [0.25, 0.3) is 0 Å². The van der Waals surface area contributed by atoms with Crippen LogP contribution in [-0.4, -0.2) is 157 Å². The highest BCUT2D eigenvalue weighted by molar-refractivity contribution is 6.61. The van der Waals surface area contributed by atoms with Gasteiger partial charge in [-0.1, -0.05) is 86.6 Å². The van der Waals surface area contributed by atoms with Crippen molar-refractivity contribution in [2.24, 2.45) is 63.5 Å². The number of aryl methyl sites for hydroxylation is 4. The Kier molecular flexibility index (Phi) is 31.1. The lowest BCUT2D eigenvalue weighted by atomic mass is 9.98. The fraction of sp³-hybridized carbons (Fsp3) is 0.439. The number of hydrogen-bond acceptors (Lipinski definition) is 23. The first-order valence-electron chi connectivity index (χ1n) is 31.8. The Labute approximate surface area is 591 Å². The van der Waals surface area contributed by atoms with Gasteiger partial charge in [-0.15, -0.1) is 0 Å².